The Morgan fingerprint density at radius 2 is 1.29 bits per heavy atom. The highest BCUT2D eigenvalue weighted by Gasteiger charge is 2.33. The van der Waals surface area contributed by atoms with Crippen LogP contribution in [0.4, 0.5) is 0 Å². The van der Waals surface area contributed by atoms with Crippen molar-refractivity contribution >= 4 is 52.4 Å². The Labute approximate surface area is 278 Å². The molecule has 0 aliphatic carbocycles. The minimum absolute atomic E-state index is 0.131. The number of rotatable bonds is 20. The molecule has 0 saturated carbocycles. The summed E-state index contributed by atoms with van der Waals surface area (Å²) in [6, 6.07) is -0.329. The van der Waals surface area contributed by atoms with Crippen molar-refractivity contribution < 1.29 is 54.0 Å². The van der Waals surface area contributed by atoms with E-state index in [-0.39, 0.29) is 12.8 Å². The van der Waals surface area contributed by atoms with Crippen LogP contribution in [0.25, 0.3) is 10.9 Å². The van der Waals surface area contributed by atoms with Crippen LogP contribution in [0.1, 0.15) is 36.9 Å². The van der Waals surface area contributed by atoms with E-state index in [1.165, 1.54) is 12.5 Å². The molecule has 0 fully saturated rings. The summed E-state index contributed by atoms with van der Waals surface area (Å²) in [5.41, 5.74) is 7.33. The maximum Gasteiger partial charge on any atom is 0.326 e. The van der Waals surface area contributed by atoms with Crippen LogP contribution in [-0.2, 0) is 46.4 Å². The number of H-pyrrole nitrogens is 2. The molecule has 3 rings (SSSR count). The largest absolute Gasteiger partial charge is 0.481 e. The average molecular weight is 687 g/mol. The van der Waals surface area contributed by atoms with Gasteiger partial charge in [-0.1, -0.05) is 18.2 Å². The first-order valence-electron chi connectivity index (χ1n) is 15.1. The third kappa shape index (κ3) is 11.4. The summed E-state index contributed by atoms with van der Waals surface area (Å²) in [7, 11) is 0. The van der Waals surface area contributed by atoms with Gasteiger partial charge < -0.3 is 57.4 Å². The second-order valence-corrected chi connectivity index (χ2v) is 11.1. The number of aliphatic carboxylic acids is 3. The van der Waals surface area contributed by atoms with Crippen LogP contribution in [0.15, 0.2) is 43.0 Å². The first kappa shape index (κ1) is 37.6. The summed E-state index contributed by atoms with van der Waals surface area (Å²) < 4.78 is 0. The van der Waals surface area contributed by atoms with Gasteiger partial charge in [0.05, 0.1) is 12.9 Å². The lowest BCUT2D eigenvalue weighted by Gasteiger charge is -2.26. The molecule has 5 unspecified atom stereocenters. The molecule has 0 aliphatic heterocycles. The minimum atomic E-state index is -1.66. The topological polar surface area (TPSA) is 319 Å². The monoisotopic (exact) mass is 686 g/mol. The van der Waals surface area contributed by atoms with Crippen LogP contribution >= 0.6 is 0 Å². The summed E-state index contributed by atoms with van der Waals surface area (Å²) >= 11 is 0. The van der Waals surface area contributed by atoms with E-state index in [2.05, 4.69) is 36.2 Å². The number of carboxylic acid groups (broad SMARTS) is 3. The second-order valence-electron chi connectivity index (χ2n) is 11.1. The number of aliphatic hydroxyl groups excluding tert-OH is 1. The van der Waals surface area contributed by atoms with Crippen molar-refractivity contribution in [3.8, 4) is 0 Å². The Hall–Kier alpha value is -5.82. The van der Waals surface area contributed by atoms with Gasteiger partial charge in [-0.05, 0) is 24.5 Å². The van der Waals surface area contributed by atoms with Crippen LogP contribution in [-0.4, -0.2) is 114 Å². The Morgan fingerprint density at radius 1 is 0.735 bits per heavy atom. The quantitative estimate of drug-likeness (QED) is 0.0599. The summed E-state index contributed by atoms with van der Waals surface area (Å²) in [6.45, 7) is -0.714. The number of benzene rings is 1. The molecular weight excluding hydrogens is 648 g/mol. The lowest BCUT2D eigenvalue weighted by atomic mass is 10.0. The Balaban J connectivity index is 1.92. The number of hydrogen-bond acceptors (Lipinski definition) is 10. The van der Waals surface area contributed by atoms with E-state index >= 15 is 0 Å². The lowest BCUT2D eigenvalue weighted by Crippen LogP contribution is -2.59. The van der Waals surface area contributed by atoms with E-state index in [0.29, 0.717) is 22.2 Å². The number of nitrogens with two attached hydrogens (primary N) is 1. The maximum atomic E-state index is 13.8. The van der Waals surface area contributed by atoms with Gasteiger partial charge in [-0.25, -0.2) is 9.78 Å². The number of aromatic nitrogens is 3. The van der Waals surface area contributed by atoms with E-state index in [1.807, 2.05) is 0 Å². The Bertz CT molecular complexity index is 1640. The number of carboxylic acids is 3. The number of carbonyl (C=O) groups excluding carboxylic acids is 4. The first-order valence-corrected chi connectivity index (χ1v) is 15.1. The smallest absolute Gasteiger partial charge is 0.326 e. The molecule has 3 aromatic rings. The second kappa shape index (κ2) is 17.9. The fourth-order valence-electron chi connectivity index (χ4n) is 4.80. The van der Waals surface area contributed by atoms with Crippen molar-refractivity contribution in [2.24, 2.45) is 5.73 Å². The normalized spacial score (nSPS) is 14.1. The third-order valence-electron chi connectivity index (χ3n) is 7.42. The highest BCUT2D eigenvalue weighted by molar-refractivity contribution is 5.96. The van der Waals surface area contributed by atoms with Gasteiger partial charge in [-0.2, -0.15) is 0 Å². The molecule has 0 saturated heterocycles. The zero-order chi connectivity index (χ0) is 36.1. The summed E-state index contributed by atoms with van der Waals surface area (Å²) in [6.07, 6.45) is 1.88. The molecule has 1 aromatic carbocycles. The molecule has 5 atom stereocenters. The van der Waals surface area contributed by atoms with E-state index in [9.17, 15) is 48.9 Å². The molecule has 49 heavy (non-hydrogen) atoms. The predicted octanol–water partition coefficient (Wildman–Crippen LogP) is -2.25. The number of carbonyl (C=O) groups is 7. The number of fused-ring (bicyclic) bond motifs is 1. The molecule has 2 aromatic heterocycles. The van der Waals surface area contributed by atoms with Crippen LogP contribution in [0, 0.1) is 0 Å². The zero-order valence-electron chi connectivity index (χ0n) is 26.0. The van der Waals surface area contributed by atoms with E-state index in [1.54, 1.807) is 30.5 Å². The van der Waals surface area contributed by atoms with Gasteiger partial charge in [0.2, 0.25) is 23.6 Å². The molecule has 0 aliphatic rings. The van der Waals surface area contributed by atoms with Gasteiger partial charge in [0.25, 0.3) is 0 Å². The van der Waals surface area contributed by atoms with E-state index in [0.717, 1.165) is 0 Å². The lowest BCUT2D eigenvalue weighted by molar-refractivity contribution is -0.144. The van der Waals surface area contributed by atoms with Gasteiger partial charge in [0, 0.05) is 54.7 Å². The van der Waals surface area contributed by atoms with Gasteiger partial charge in [-0.15, -0.1) is 0 Å². The van der Waals surface area contributed by atoms with Crippen molar-refractivity contribution in [3.63, 3.8) is 0 Å². The molecule has 2 heterocycles. The number of nitrogens with one attached hydrogen (secondary N) is 6. The summed E-state index contributed by atoms with van der Waals surface area (Å²) in [4.78, 5) is 97.0. The highest BCUT2D eigenvalue weighted by atomic mass is 16.4. The molecule has 0 radical (unpaired) electrons. The standard InChI is InChI=1S/C30H38N8O11/c31-18(13-39)26(44)37-23(10-16-12-32-14-34-16)29(47)38-22(9-15-11-33-19-4-2-1-3-17(15)19)28(46)35-20(5-7-24(40)41)27(45)36-21(30(48)49)6-8-25(42)43/h1-4,11-12,14,18,20-23,33,39H,5-10,13,31H2,(H,32,34)(H,35,46)(H,36,45)(H,37,44)(H,38,47)(H,40,41)(H,42,43)(H,48,49). The SMILES string of the molecule is NC(CO)C(=O)NC(Cc1cnc[nH]1)C(=O)NC(Cc1c[nH]c2ccccc12)C(=O)NC(CCC(=O)O)C(=O)NC(CCC(=O)O)C(=O)O. The number of nitrogens with zero attached hydrogens (tertiary/aromatic N) is 1. The molecule has 264 valence electrons. The van der Waals surface area contributed by atoms with Gasteiger partial charge in [-0.3, -0.25) is 28.8 Å². The number of amides is 4. The van der Waals surface area contributed by atoms with Gasteiger partial charge in [0.1, 0.15) is 30.2 Å². The number of aromatic amines is 2. The molecule has 19 nitrogen and oxygen atoms in total. The Morgan fingerprint density at radius 3 is 1.88 bits per heavy atom. The Kier molecular flexibility index (Phi) is 13.8. The first-order chi connectivity index (χ1) is 23.3. The fourth-order valence-corrected chi connectivity index (χ4v) is 4.80. The number of aliphatic hydroxyl groups is 1. The summed E-state index contributed by atoms with van der Waals surface area (Å²) in [5, 5.41) is 47.3. The minimum Gasteiger partial charge on any atom is -0.481 e. The molecular formula is C30H38N8O11. The van der Waals surface area contributed by atoms with Crippen LogP contribution in [0.2, 0.25) is 0 Å². The summed E-state index contributed by atoms with van der Waals surface area (Å²) in [5.74, 6) is -7.96. The van der Waals surface area contributed by atoms with Gasteiger partial charge >= 0.3 is 17.9 Å². The maximum absolute atomic E-state index is 13.8. The van der Waals surface area contributed by atoms with Crippen molar-refractivity contribution in [1.82, 2.24) is 36.2 Å². The zero-order valence-corrected chi connectivity index (χ0v) is 26.0. The van der Waals surface area contributed by atoms with Crippen molar-refractivity contribution in [2.75, 3.05) is 6.61 Å². The molecule has 12 N–H and O–H groups in total. The molecule has 19 heteroatoms. The van der Waals surface area contributed by atoms with E-state index in [4.69, 9.17) is 10.8 Å². The third-order valence-corrected chi connectivity index (χ3v) is 7.42. The average Bonchev–Trinajstić information content (AvgIpc) is 3.73. The predicted molar refractivity (Wildman–Crippen MR) is 168 cm³/mol. The fraction of sp³-hybridized carbons (Fsp3) is 0.400. The number of hydrogen-bond donors (Lipinski definition) is 11. The van der Waals surface area contributed by atoms with Crippen molar-refractivity contribution in [1.29, 1.82) is 0 Å². The molecule has 4 amide bonds. The van der Waals surface area contributed by atoms with E-state index < -0.39 is 104 Å². The molecule has 0 bridgehead atoms. The molecule has 0 spiro atoms. The number of imidazole rings is 1. The van der Waals surface area contributed by atoms with Crippen molar-refractivity contribution in [3.05, 3.63) is 54.2 Å². The van der Waals surface area contributed by atoms with Crippen LogP contribution < -0.4 is 27.0 Å². The van der Waals surface area contributed by atoms with Gasteiger partial charge in [0.15, 0.2) is 0 Å². The van der Waals surface area contributed by atoms with Crippen molar-refractivity contribution in [2.45, 2.75) is 68.7 Å². The van der Waals surface area contributed by atoms with Crippen LogP contribution in [0.3, 0.4) is 0 Å². The highest BCUT2D eigenvalue weighted by Crippen LogP contribution is 2.19. The van der Waals surface area contributed by atoms with Crippen LogP contribution in [0.5, 0.6) is 0 Å². The number of para-hydroxylation sites is 1.